The van der Waals surface area contributed by atoms with E-state index in [4.69, 9.17) is 18.9 Å². The Morgan fingerprint density at radius 3 is 1.18 bits per heavy atom. The largest absolute Gasteiger partial charge is 0.463 e. The third kappa shape index (κ3) is 25.3. The van der Waals surface area contributed by atoms with Crippen molar-refractivity contribution in [3.8, 4) is 0 Å². The number of aliphatic hydroxyl groups is 1. The standard InChI is InChI=1S/C42H78O8/c1-4-7-10-13-16-19-22-25-28-31-38(44)48-35-37-42(50-40(46)33-30-27-24-21-18-15-12-9-6-3)41(36(43)34-47-37)49-39(45)32-29-26-23-20-17-14-11-8-5-2/h36-37,41-43H,4-35H2,1-3H3/t36-,37+,41+,42+/m0/s1. The van der Waals surface area contributed by atoms with Crippen LogP contribution < -0.4 is 0 Å². The van der Waals surface area contributed by atoms with E-state index in [0.29, 0.717) is 12.8 Å². The lowest BCUT2D eigenvalue weighted by Gasteiger charge is -2.39. The molecule has 1 aliphatic heterocycles. The number of rotatable bonds is 34. The Morgan fingerprint density at radius 1 is 0.480 bits per heavy atom. The fourth-order valence-electron chi connectivity index (χ4n) is 6.68. The molecule has 294 valence electrons. The zero-order valence-electron chi connectivity index (χ0n) is 32.7. The first-order chi connectivity index (χ1) is 24.4. The molecule has 50 heavy (non-hydrogen) atoms. The molecule has 4 atom stereocenters. The molecule has 1 heterocycles. The zero-order valence-corrected chi connectivity index (χ0v) is 32.7. The normalized spacial score (nSPS) is 19.0. The number of aliphatic hydroxyl groups excluding tert-OH is 1. The quantitative estimate of drug-likeness (QED) is 0.0399. The van der Waals surface area contributed by atoms with E-state index in [9.17, 15) is 19.5 Å². The summed E-state index contributed by atoms with van der Waals surface area (Å²) in [5.74, 6) is -1.15. The van der Waals surface area contributed by atoms with Crippen LogP contribution in [0.1, 0.15) is 213 Å². The first-order valence-electron chi connectivity index (χ1n) is 21.3. The molecule has 0 aromatic heterocycles. The van der Waals surface area contributed by atoms with E-state index in [-0.39, 0.29) is 32.0 Å². The molecular weight excluding hydrogens is 632 g/mol. The van der Waals surface area contributed by atoms with Gasteiger partial charge in [-0.15, -0.1) is 0 Å². The summed E-state index contributed by atoms with van der Waals surface area (Å²) in [5.41, 5.74) is 0. The second kappa shape index (κ2) is 33.2. The van der Waals surface area contributed by atoms with Crippen LogP contribution in [0.15, 0.2) is 0 Å². The SMILES string of the molecule is CCCCCCCCCCCC(=O)OC[C@H]1OC[C@H](O)[C@@H](OC(=O)CCCCCCCCCCC)[C@@H]1OC(=O)CCCCCCCCCCC. The van der Waals surface area contributed by atoms with Gasteiger partial charge in [-0.3, -0.25) is 14.4 Å². The fraction of sp³-hybridized carbons (Fsp3) is 0.929. The summed E-state index contributed by atoms with van der Waals surface area (Å²) in [7, 11) is 0. The van der Waals surface area contributed by atoms with Crippen molar-refractivity contribution in [1.29, 1.82) is 0 Å². The average Bonchev–Trinajstić information content (AvgIpc) is 3.10. The van der Waals surface area contributed by atoms with Crippen LogP contribution in [0.2, 0.25) is 0 Å². The van der Waals surface area contributed by atoms with Gasteiger partial charge in [0.1, 0.15) is 18.8 Å². The van der Waals surface area contributed by atoms with Crippen LogP contribution in [-0.2, 0) is 33.3 Å². The van der Waals surface area contributed by atoms with Crippen molar-refractivity contribution in [3.63, 3.8) is 0 Å². The van der Waals surface area contributed by atoms with Gasteiger partial charge in [-0.05, 0) is 19.3 Å². The molecule has 0 radical (unpaired) electrons. The van der Waals surface area contributed by atoms with Crippen molar-refractivity contribution in [1.82, 2.24) is 0 Å². The second-order valence-corrected chi connectivity index (χ2v) is 14.8. The lowest BCUT2D eigenvalue weighted by molar-refractivity contribution is -0.227. The van der Waals surface area contributed by atoms with Crippen LogP contribution in [0.5, 0.6) is 0 Å². The molecule has 1 saturated heterocycles. The Morgan fingerprint density at radius 2 is 0.800 bits per heavy atom. The summed E-state index contributed by atoms with van der Waals surface area (Å²) in [6.45, 7) is 6.45. The number of ether oxygens (including phenoxy) is 4. The van der Waals surface area contributed by atoms with Gasteiger partial charge in [-0.25, -0.2) is 0 Å². The summed E-state index contributed by atoms with van der Waals surface area (Å²) in [4.78, 5) is 38.5. The van der Waals surface area contributed by atoms with Crippen molar-refractivity contribution in [3.05, 3.63) is 0 Å². The van der Waals surface area contributed by atoms with Crippen molar-refractivity contribution in [2.24, 2.45) is 0 Å². The van der Waals surface area contributed by atoms with Crippen molar-refractivity contribution in [2.75, 3.05) is 13.2 Å². The molecule has 0 aromatic carbocycles. The molecule has 0 amide bonds. The average molecular weight is 711 g/mol. The predicted octanol–water partition coefficient (Wildman–Crippen LogP) is 10.9. The Kier molecular flexibility index (Phi) is 30.8. The molecule has 1 rings (SSSR count). The monoisotopic (exact) mass is 711 g/mol. The van der Waals surface area contributed by atoms with Crippen molar-refractivity contribution >= 4 is 17.9 Å². The zero-order chi connectivity index (χ0) is 36.5. The number of carbonyl (C=O) groups is 3. The molecule has 0 unspecified atom stereocenters. The fourth-order valence-corrected chi connectivity index (χ4v) is 6.68. The van der Waals surface area contributed by atoms with E-state index in [2.05, 4.69) is 20.8 Å². The minimum atomic E-state index is -1.14. The van der Waals surface area contributed by atoms with Crippen LogP contribution in [0.4, 0.5) is 0 Å². The molecule has 1 aliphatic rings. The van der Waals surface area contributed by atoms with Gasteiger partial charge < -0.3 is 24.1 Å². The van der Waals surface area contributed by atoms with Crippen LogP contribution in [-0.4, -0.2) is 60.6 Å². The summed E-state index contributed by atoms with van der Waals surface area (Å²) in [6.07, 6.45) is 27.7. The smallest absolute Gasteiger partial charge is 0.306 e. The molecule has 8 nitrogen and oxygen atoms in total. The van der Waals surface area contributed by atoms with Gasteiger partial charge in [0, 0.05) is 19.3 Å². The van der Waals surface area contributed by atoms with E-state index in [1.165, 1.54) is 116 Å². The lowest BCUT2D eigenvalue weighted by Crippen LogP contribution is -2.57. The highest BCUT2D eigenvalue weighted by Crippen LogP contribution is 2.25. The molecule has 0 saturated carbocycles. The molecule has 8 heteroatoms. The van der Waals surface area contributed by atoms with Gasteiger partial charge in [0.15, 0.2) is 12.2 Å². The first kappa shape index (κ1) is 46.4. The minimum Gasteiger partial charge on any atom is -0.463 e. The topological polar surface area (TPSA) is 108 Å². The number of hydrogen-bond acceptors (Lipinski definition) is 8. The molecular formula is C42H78O8. The third-order valence-electron chi connectivity index (χ3n) is 9.95. The maximum atomic E-state index is 13.0. The van der Waals surface area contributed by atoms with Gasteiger partial charge in [-0.2, -0.15) is 0 Å². The van der Waals surface area contributed by atoms with Crippen LogP contribution in [0.25, 0.3) is 0 Å². The van der Waals surface area contributed by atoms with Gasteiger partial charge in [-0.1, -0.05) is 175 Å². The summed E-state index contributed by atoms with van der Waals surface area (Å²) >= 11 is 0. The highest BCUT2D eigenvalue weighted by Gasteiger charge is 2.45. The van der Waals surface area contributed by atoms with Crippen molar-refractivity contribution < 1.29 is 38.4 Å². The maximum Gasteiger partial charge on any atom is 0.306 e. The molecule has 0 aromatic rings. The Labute approximate surface area is 306 Å². The summed E-state index contributed by atoms with van der Waals surface area (Å²) in [5, 5.41) is 10.8. The number of esters is 3. The Bertz CT molecular complexity index is 818. The number of carbonyl (C=O) groups excluding carboxylic acids is 3. The van der Waals surface area contributed by atoms with Crippen LogP contribution in [0.3, 0.4) is 0 Å². The molecule has 1 N–H and O–H groups in total. The number of hydrogen-bond donors (Lipinski definition) is 1. The Balaban J connectivity index is 2.59. The lowest BCUT2D eigenvalue weighted by atomic mass is 9.99. The number of unbranched alkanes of at least 4 members (excludes halogenated alkanes) is 24. The molecule has 0 aliphatic carbocycles. The van der Waals surface area contributed by atoms with Gasteiger partial charge in [0.2, 0.25) is 0 Å². The second-order valence-electron chi connectivity index (χ2n) is 14.8. The van der Waals surface area contributed by atoms with E-state index in [0.717, 1.165) is 51.4 Å². The predicted molar refractivity (Wildman–Crippen MR) is 202 cm³/mol. The van der Waals surface area contributed by atoms with Crippen LogP contribution >= 0.6 is 0 Å². The highest BCUT2D eigenvalue weighted by atomic mass is 16.6. The van der Waals surface area contributed by atoms with Crippen LogP contribution in [0, 0.1) is 0 Å². The molecule has 0 bridgehead atoms. The molecule has 1 fully saturated rings. The van der Waals surface area contributed by atoms with E-state index >= 15 is 0 Å². The Hall–Kier alpha value is -1.67. The van der Waals surface area contributed by atoms with Gasteiger partial charge in [0.05, 0.1) is 6.61 Å². The third-order valence-corrected chi connectivity index (χ3v) is 9.95. The summed E-state index contributed by atoms with van der Waals surface area (Å²) < 4.78 is 23.0. The van der Waals surface area contributed by atoms with E-state index < -0.39 is 36.4 Å². The van der Waals surface area contributed by atoms with Crippen molar-refractivity contribution in [2.45, 2.75) is 238 Å². The molecule has 0 spiro atoms. The minimum absolute atomic E-state index is 0.0945. The van der Waals surface area contributed by atoms with E-state index in [1.807, 2.05) is 0 Å². The van der Waals surface area contributed by atoms with E-state index in [1.54, 1.807) is 0 Å². The first-order valence-corrected chi connectivity index (χ1v) is 21.3. The van der Waals surface area contributed by atoms with Gasteiger partial charge in [0.25, 0.3) is 0 Å². The maximum absolute atomic E-state index is 13.0. The summed E-state index contributed by atoms with van der Waals surface area (Å²) in [6, 6.07) is 0. The van der Waals surface area contributed by atoms with Gasteiger partial charge >= 0.3 is 17.9 Å². The highest BCUT2D eigenvalue weighted by molar-refractivity contribution is 5.71.